The number of likely N-dealkylation sites (tertiary alicyclic amines) is 1. The van der Waals surface area contributed by atoms with Crippen LogP contribution in [0, 0.1) is 12.8 Å². The minimum Gasteiger partial charge on any atom is -0.554 e. The van der Waals surface area contributed by atoms with Gasteiger partial charge in [-0.3, -0.25) is 9.20 Å². The molecule has 1 amide bonds. The number of fused-ring (bicyclic) bond motifs is 1. The zero-order valence-corrected chi connectivity index (χ0v) is 24.8. The number of hydrogen-bond acceptors (Lipinski definition) is 7. The Morgan fingerprint density at radius 2 is 1.88 bits per heavy atom. The van der Waals surface area contributed by atoms with Gasteiger partial charge in [-0.2, -0.15) is 0 Å². The number of amides is 1. The van der Waals surface area contributed by atoms with E-state index in [1.54, 1.807) is 13.3 Å². The quantitative estimate of drug-likeness (QED) is 0.231. The van der Waals surface area contributed by atoms with E-state index >= 15 is 0 Å². The summed E-state index contributed by atoms with van der Waals surface area (Å²) in [5.74, 6) is 2.16. The summed E-state index contributed by atoms with van der Waals surface area (Å²) in [5.41, 5.74) is 5.21. The Hall–Kier alpha value is -4.44. The van der Waals surface area contributed by atoms with Crippen LogP contribution in [0.4, 0.5) is 11.5 Å². The molecule has 1 fully saturated rings. The minimum absolute atomic E-state index is 0.0124. The van der Waals surface area contributed by atoms with Crippen molar-refractivity contribution in [3.8, 4) is 17.0 Å². The van der Waals surface area contributed by atoms with E-state index in [-0.39, 0.29) is 5.91 Å². The lowest BCUT2D eigenvalue weighted by molar-refractivity contribution is -0.913. The molecule has 5 rings (SSSR count). The lowest BCUT2D eigenvalue weighted by Gasteiger charge is -2.39. The molecule has 42 heavy (non-hydrogen) atoms. The second-order valence-electron chi connectivity index (χ2n) is 11.0. The molecule has 0 radical (unpaired) electrons. The third kappa shape index (κ3) is 7.25. The van der Waals surface area contributed by atoms with Gasteiger partial charge in [0, 0.05) is 42.2 Å². The summed E-state index contributed by atoms with van der Waals surface area (Å²) in [6, 6.07) is 13.7. The molecular weight excluding hydrogens is 532 g/mol. The van der Waals surface area contributed by atoms with Crippen molar-refractivity contribution in [2.75, 3.05) is 45.7 Å². The van der Waals surface area contributed by atoms with Gasteiger partial charge in [0.25, 0.3) is 5.91 Å². The molecular formula is C32H40N6O4. The van der Waals surface area contributed by atoms with E-state index in [9.17, 15) is 4.79 Å². The number of quaternary nitrogens is 1. The molecule has 1 saturated heterocycles. The van der Waals surface area contributed by atoms with Crippen LogP contribution < -0.4 is 20.5 Å². The van der Waals surface area contributed by atoms with Crippen molar-refractivity contribution in [2.45, 2.75) is 33.1 Å². The standard InChI is InChI=1S/C31H38N6O2.CH2O2/c1-5-37(3)18-13-23(14-19-37)12-15-33-31(38)27-11-8-25(20-22(27)2)35-29-30-34-21-28(36(30)17-16-32-29)24-6-9-26(39-4)10-7-24;2-1-3/h6-11,16-17,20-21,23H,5,12-15,18-19H2,1-4H3,(H-,32,33,35,38);1H,(H,2,3). The second-order valence-corrected chi connectivity index (χ2v) is 11.0. The number of carbonyl (C=O) groups excluding carboxylic acids is 2. The summed E-state index contributed by atoms with van der Waals surface area (Å²) >= 11 is 0. The lowest BCUT2D eigenvalue weighted by Crippen LogP contribution is -2.49. The summed E-state index contributed by atoms with van der Waals surface area (Å²) in [6.07, 6.45) is 9.05. The molecule has 10 heteroatoms. The molecule has 2 aromatic carbocycles. The average molecular weight is 573 g/mol. The summed E-state index contributed by atoms with van der Waals surface area (Å²) in [7, 11) is 4.01. The van der Waals surface area contributed by atoms with Gasteiger partial charge in [-0.05, 0) is 87.1 Å². The van der Waals surface area contributed by atoms with E-state index in [1.807, 2.05) is 66.2 Å². The number of nitrogens with one attached hydrogen (secondary N) is 2. The Morgan fingerprint density at radius 3 is 2.52 bits per heavy atom. The summed E-state index contributed by atoms with van der Waals surface area (Å²) in [5, 5.41) is 14.8. The maximum Gasteiger partial charge on any atom is 0.251 e. The first-order valence-corrected chi connectivity index (χ1v) is 14.3. The highest BCUT2D eigenvalue weighted by Crippen LogP contribution is 2.28. The number of ether oxygens (including phenoxy) is 1. The molecule has 0 aliphatic carbocycles. The van der Waals surface area contributed by atoms with Crippen LogP contribution in [0.25, 0.3) is 16.9 Å². The Labute approximate surface area is 247 Å². The largest absolute Gasteiger partial charge is 0.554 e. The van der Waals surface area contributed by atoms with Gasteiger partial charge >= 0.3 is 0 Å². The molecule has 1 aliphatic heterocycles. The molecule has 10 nitrogen and oxygen atoms in total. The van der Waals surface area contributed by atoms with Crippen LogP contribution in [-0.2, 0) is 4.79 Å². The number of aromatic nitrogens is 3. The molecule has 4 aromatic rings. The summed E-state index contributed by atoms with van der Waals surface area (Å²) in [4.78, 5) is 30.3. The SMILES string of the molecule is CC[N+]1(C)CCC(CCNC(=O)c2ccc(Nc3nccn4c(-c5ccc(OC)cc5)cnc34)cc2C)CC1.O=C[O-]. The number of aryl methyl sites for hydroxylation is 1. The van der Waals surface area contributed by atoms with Crippen molar-refractivity contribution in [3.63, 3.8) is 0 Å². The zero-order chi connectivity index (χ0) is 30.1. The normalized spacial score (nSPS) is 18.0. The highest BCUT2D eigenvalue weighted by atomic mass is 16.5. The van der Waals surface area contributed by atoms with E-state index in [0.29, 0.717) is 17.3 Å². The number of carboxylic acid groups (broad SMARTS) is 1. The van der Waals surface area contributed by atoms with E-state index in [0.717, 1.165) is 46.9 Å². The number of carbonyl (C=O) groups is 2. The van der Waals surface area contributed by atoms with Gasteiger partial charge < -0.3 is 29.8 Å². The van der Waals surface area contributed by atoms with Crippen molar-refractivity contribution < 1.29 is 23.9 Å². The molecule has 0 spiro atoms. The highest BCUT2D eigenvalue weighted by Gasteiger charge is 2.28. The molecule has 0 unspecified atom stereocenters. The topological polar surface area (TPSA) is 121 Å². The average Bonchev–Trinajstić information content (AvgIpc) is 3.44. The summed E-state index contributed by atoms with van der Waals surface area (Å²) in [6.45, 7) is 8.15. The monoisotopic (exact) mass is 572 g/mol. The van der Waals surface area contributed by atoms with Crippen LogP contribution in [0.5, 0.6) is 5.75 Å². The fourth-order valence-electron chi connectivity index (χ4n) is 5.45. The maximum absolute atomic E-state index is 12.9. The first kappa shape index (κ1) is 30.5. The van der Waals surface area contributed by atoms with Crippen LogP contribution in [0.1, 0.15) is 42.1 Å². The van der Waals surface area contributed by atoms with Crippen molar-refractivity contribution in [1.82, 2.24) is 19.7 Å². The molecule has 222 valence electrons. The Balaban J connectivity index is 0.00000129. The summed E-state index contributed by atoms with van der Waals surface area (Å²) < 4.78 is 8.47. The third-order valence-corrected chi connectivity index (χ3v) is 8.30. The number of imidazole rings is 1. The molecule has 2 N–H and O–H groups in total. The van der Waals surface area contributed by atoms with Crippen molar-refractivity contribution in [2.24, 2.45) is 5.92 Å². The van der Waals surface area contributed by atoms with Crippen molar-refractivity contribution in [1.29, 1.82) is 0 Å². The molecule has 2 aromatic heterocycles. The lowest BCUT2D eigenvalue weighted by atomic mass is 9.92. The molecule has 0 atom stereocenters. The van der Waals surface area contributed by atoms with Crippen molar-refractivity contribution in [3.05, 3.63) is 72.2 Å². The minimum atomic E-state index is -0.500. The van der Waals surface area contributed by atoms with Crippen LogP contribution in [0.3, 0.4) is 0 Å². The number of rotatable bonds is 9. The molecule has 3 heterocycles. The van der Waals surface area contributed by atoms with Gasteiger partial charge in [0.05, 0.1) is 45.7 Å². The van der Waals surface area contributed by atoms with Crippen LogP contribution in [0.15, 0.2) is 61.1 Å². The number of methoxy groups -OCH3 is 1. The highest BCUT2D eigenvalue weighted by molar-refractivity contribution is 5.96. The number of anilines is 2. The Morgan fingerprint density at radius 1 is 1.17 bits per heavy atom. The number of hydrogen-bond donors (Lipinski definition) is 2. The Kier molecular flexibility index (Phi) is 10.1. The van der Waals surface area contributed by atoms with Gasteiger partial charge in [-0.15, -0.1) is 0 Å². The molecule has 0 bridgehead atoms. The van der Waals surface area contributed by atoms with Gasteiger partial charge in [-0.25, -0.2) is 9.97 Å². The smallest absolute Gasteiger partial charge is 0.251 e. The first-order chi connectivity index (χ1) is 20.3. The maximum atomic E-state index is 12.9. The third-order valence-electron chi connectivity index (χ3n) is 8.30. The fourth-order valence-corrected chi connectivity index (χ4v) is 5.45. The predicted molar refractivity (Wildman–Crippen MR) is 162 cm³/mol. The van der Waals surface area contributed by atoms with Gasteiger partial charge in [0.2, 0.25) is 0 Å². The predicted octanol–water partition coefficient (Wildman–Crippen LogP) is 3.82. The van der Waals surface area contributed by atoms with Crippen molar-refractivity contribution >= 4 is 29.5 Å². The molecule has 0 saturated carbocycles. The van der Waals surface area contributed by atoms with Crippen LogP contribution in [0.2, 0.25) is 0 Å². The fraction of sp³-hybridized carbons (Fsp3) is 0.375. The van der Waals surface area contributed by atoms with Crippen LogP contribution >= 0.6 is 0 Å². The Bertz CT molecular complexity index is 1490. The van der Waals surface area contributed by atoms with Crippen LogP contribution in [-0.4, -0.2) is 71.6 Å². The number of nitrogens with zero attached hydrogens (tertiary/aromatic N) is 4. The van der Waals surface area contributed by atoms with E-state index < -0.39 is 6.47 Å². The molecule has 1 aliphatic rings. The van der Waals surface area contributed by atoms with Gasteiger partial charge in [0.15, 0.2) is 11.5 Å². The number of benzene rings is 2. The van der Waals surface area contributed by atoms with Gasteiger partial charge in [-0.1, -0.05) is 0 Å². The first-order valence-electron chi connectivity index (χ1n) is 14.3. The zero-order valence-electron chi connectivity index (χ0n) is 24.8. The van der Waals surface area contributed by atoms with E-state index in [2.05, 4.69) is 34.6 Å². The number of piperidine rings is 1. The second kappa shape index (κ2) is 14.0. The van der Waals surface area contributed by atoms with E-state index in [4.69, 9.17) is 14.6 Å². The van der Waals surface area contributed by atoms with Gasteiger partial charge in [0.1, 0.15) is 5.75 Å². The van der Waals surface area contributed by atoms with E-state index in [1.165, 1.54) is 37.0 Å².